The number of hydrogen-bond donors (Lipinski definition) is 3. The molecule has 3 rings (SSSR count). The number of allylic oxidation sites excluding steroid dienone is 2. The van der Waals surface area contributed by atoms with E-state index in [1.165, 1.54) is 0 Å². The molecule has 2 bridgehead atoms. The van der Waals surface area contributed by atoms with Gasteiger partial charge in [0.25, 0.3) is 5.91 Å². The van der Waals surface area contributed by atoms with Crippen molar-refractivity contribution in [2.45, 2.75) is 26.4 Å². The van der Waals surface area contributed by atoms with E-state index in [-0.39, 0.29) is 17.9 Å². The summed E-state index contributed by atoms with van der Waals surface area (Å²) in [6.07, 6.45) is 4.46. The van der Waals surface area contributed by atoms with Crippen LogP contribution in [0.3, 0.4) is 0 Å². The number of nitrogens with one attached hydrogen (secondary N) is 2. The highest BCUT2D eigenvalue weighted by Crippen LogP contribution is 2.48. The number of hydrazine groups is 1. The van der Waals surface area contributed by atoms with Crippen LogP contribution in [0.15, 0.2) is 36.4 Å². The van der Waals surface area contributed by atoms with Gasteiger partial charge in [0.05, 0.1) is 17.9 Å². The number of amides is 2. The van der Waals surface area contributed by atoms with Gasteiger partial charge in [-0.3, -0.25) is 25.2 Å². The zero-order valence-corrected chi connectivity index (χ0v) is 14.6. The number of carboxylic acids is 1. The van der Waals surface area contributed by atoms with Crippen LogP contribution in [-0.2, 0) is 9.59 Å². The van der Waals surface area contributed by atoms with E-state index in [0.717, 1.165) is 0 Å². The number of ether oxygens (including phenoxy) is 1. The molecule has 0 spiro atoms. The summed E-state index contributed by atoms with van der Waals surface area (Å²) >= 11 is 0. The minimum Gasteiger partial charge on any atom is -0.491 e. The number of rotatable bonds is 5. The largest absolute Gasteiger partial charge is 0.491 e. The van der Waals surface area contributed by atoms with E-state index in [9.17, 15) is 19.5 Å². The SMILES string of the molecule is CC(C)Oc1ccc(C(=O)NNC(=O)C2C3C=CC(C3)C2C(=O)O)cc1. The summed E-state index contributed by atoms with van der Waals surface area (Å²) in [7, 11) is 0. The summed E-state index contributed by atoms with van der Waals surface area (Å²) in [5.74, 6) is -2.88. The van der Waals surface area contributed by atoms with Gasteiger partial charge >= 0.3 is 5.97 Å². The molecule has 0 aliphatic heterocycles. The third-order valence-corrected chi connectivity index (χ3v) is 4.83. The topological polar surface area (TPSA) is 105 Å². The van der Waals surface area contributed by atoms with Crippen LogP contribution in [-0.4, -0.2) is 29.0 Å². The van der Waals surface area contributed by atoms with Gasteiger partial charge in [0.1, 0.15) is 5.75 Å². The molecule has 0 radical (unpaired) electrons. The predicted molar refractivity (Wildman–Crippen MR) is 93.2 cm³/mol. The Bertz CT molecular complexity index is 741. The van der Waals surface area contributed by atoms with Crippen molar-refractivity contribution in [1.29, 1.82) is 0 Å². The third kappa shape index (κ3) is 3.56. The molecule has 2 aliphatic carbocycles. The Labute approximate surface area is 151 Å². The number of carbonyl (C=O) groups is 3. The molecule has 1 fully saturated rings. The van der Waals surface area contributed by atoms with Gasteiger partial charge in [-0.15, -0.1) is 0 Å². The summed E-state index contributed by atoms with van der Waals surface area (Å²) in [6, 6.07) is 6.55. The van der Waals surface area contributed by atoms with E-state index < -0.39 is 29.6 Å². The van der Waals surface area contributed by atoms with Crippen LogP contribution in [0.4, 0.5) is 0 Å². The Morgan fingerprint density at radius 1 is 1.04 bits per heavy atom. The van der Waals surface area contributed by atoms with E-state index in [2.05, 4.69) is 10.9 Å². The van der Waals surface area contributed by atoms with Gasteiger partial charge in [-0.05, 0) is 56.4 Å². The molecule has 1 aromatic rings. The molecule has 3 N–H and O–H groups in total. The number of aliphatic carboxylic acids is 1. The van der Waals surface area contributed by atoms with E-state index in [1.54, 1.807) is 24.3 Å². The van der Waals surface area contributed by atoms with Gasteiger partial charge in [-0.2, -0.15) is 0 Å². The Morgan fingerprint density at radius 3 is 2.23 bits per heavy atom. The quantitative estimate of drug-likeness (QED) is 0.549. The molecule has 1 saturated carbocycles. The van der Waals surface area contributed by atoms with Crippen molar-refractivity contribution < 1.29 is 24.2 Å². The zero-order valence-electron chi connectivity index (χ0n) is 14.6. The first-order valence-corrected chi connectivity index (χ1v) is 8.65. The maximum Gasteiger partial charge on any atom is 0.307 e. The minimum absolute atomic E-state index is 0.0342. The number of fused-ring (bicyclic) bond motifs is 2. The number of benzene rings is 1. The molecular weight excluding hydrogens is 336 g/mol. The molecule has 4 unspecified atom stereocenters. The van der Waals surface area contributed by atoms with Crippen molar-refractivity contribution in [2.24, 2.45) is 23.7 Å². The van der Waals surface area contributed by atoms with Crippen LogP contribution in [0.25, 0.3) is 0 Å². The van der Waals surface area contributed by atoms with E-state index in [0.29, 0.717) is 17.7 Å². The molecule has 0 saturated heterocycles. The first-order valence-electron chi connectivity index (χ1n) is 8.65. The highest BCUT2D eigenvalue weighted by atomic mass is 16.5. The molecule has 0 aromatic heterocycles. The number of carbonyl (C=O) groups excluding carboxylic acids is 2. The van der Waals surface area contributed by atoms with Gasteiger partial charge < -0.3 is 9.84 Å². The first kappa shape index (κ1) is 18.0. The Morgan fingerprint density at radius 2 is 1.65 bits per heavy atom. The maximum absolute atomic E-state index is 12.4. The second kappa shape index (κ2) is 7.19. The lowest BCUT2D eigenvalue weighted by Gasteiger charge is -2.23. The monoisotopic (exact) mass is 358 g/mol. The van der Waals surface area contributed by atoms with Crippen molar-refractivity contribution in [3.63, 3.8) is 0 Å². The predicted octanol–water partition coefficient (Wildman–Crippen LogP) is 1.76. The van der Waals surface area contributed by atoms with Gasteiger partial charge in [0.15, 0.2) is 0 Å². The van der Waals surface area contributed by atoms with Crippen molar-refractivity contribution in [3.05, 3.63) is 42.0 Å². The van der Waals surface area contributed by atoms with Crippen LogP contribution in [0.2, 0.25) is 0 Å². The molecule has 7 nitrogen and oxygen atoms in total. The molecule has 2 amide bonds. The van der Waals surface area contributed by atoms with Gasteiger partial charge in [0, 0.05) is 5.56 Å². The second-order valence-corrected chi connectivity index (χ2v) is 6.97. The maximum atomic E-state index is 12.4. The smallest absolute Gasteiger partial charge is 0.307 e. The van der Waals surface area contributed by atoms with Gasteiger partial charge in [0.2, 0.25) is 5.91 Å². The molecule has 2 aliphatic rings. The fourth-order valence-electron chi connectivity index (χ4n) is 3.75. The number of carboxylic acid groups (broad SMARTS) is 1. The molecule has 138 valence electrons. The zero-order chi connectivity index (χ0) is 18.8. The van der Waals surface area contributed by atoms with Crippen molar-refractivity contribution in [3.8, 4) is 5.75 Å². The highest BCUT2D eigenvalue weighted by molar-refractivity contribution is 5.96. The summed E-state index contributed by atoms with van der Waals surface area (Å²) < 4.78 is 5.51. The third-order valence-electron chi connectivity index (χ3n) is 4.83. The van der Waals surface area contributed by atoms with Crippen LogP contribution in [0.1, 0.15) is 30.6 Å². The highest BCUT2D eigenvalue weighted by Gasteiger charge is 2.51. The molecule has 0 heterocycles. The van der Waals surface area contributed by atoms with Crippen LogP contribution in [0.5, 0.6) is 5.75 Å². The summed E-state index contributed by atoms with van der Waals surface area (Å²) in [4.78, 5) is 36.1. The summed E-state index contributed by atoms with van der Waals surface area (Å²) in [6.45, 7) is 3.82. The molecular formula is C19H22N2O5. The lowest BCUT2D eigenvalue weighted by molar-refractivity contribution is -0.148. The van der Waals surface area contributed by atoms with Crippen LogP contribution < -0.4 is 15.6 Å². The molecule has 26 heavy (non-hydrogen) atoms. The van der Waals surface area contributed by atoms with Crippen molar-refractivity contribution in [1.82, 2.24) is 10.9 Å². The standard InChI is InChI=1S/C19H22N2O5/c1-10(2)26-14-7-5-11(6-8-14)17(22)20-21-18(23)15-12-3-4-13(9-12)16(15)19(24)25/h3-8,10,12-13,15-16H,9H2,1-2H3,(H,20,22)(H,21,23)(H,24,25). The lowest BCUT2D eigenvalue weighted by atomic mass is 9.82. The van der Waals surface area contributed by atoms with Crippen molar-refractivity contribution >= 4 is 17.8 Å². The molecule has 4 atom stereocenters. The fourth-order valence-corrected chi connectivity index (χ4v) is 3.75. The summed E-state index contributed by atoms with van der Waals surface area (Å²) in [5, 5.41) is 9.39. The van der Waals surface area contributed by atoms with Crippen LogP contribution in [0, 0.1) is 23.7 Å². The normalized spacial score (nSPS) is 26.0. The summed E-state index contributed by atoms with van der Waals surface area (Å²) in [5.41, 5.74) is 5.10. The average molecular weight is 358 g/mol. The van der Waals surface area contributed by atoms with Gasteiger partial charge in [-0.25, -0.2) is 0 Å². The Balaban J connectivity index is 1.58. The van der Waals surface area contributed by atoms with Crippen LogP contribution >= 0.6 is 0 Å². The lowest BCUT2D eigenvalue weighted by Crippen LogP contribution is -2.48. The number of hydrogen-bond acceptors (Lipinski definition) is 4. The van der Waals surface area contributed by atoms with Gasteiger partial charge in [-0.1, -0.05) is 12.2 Å². The van der Waals surface area contributed by atoms with Crippen molar-refractivity contribution in [2.75, 3.05) is 0 Å². The Hall–Kier alpha value is -2.83. The molecule has 7 heteroatoms. The minimum atomic E-state index is -0.978. The van der Waals surface area contributed by atoms with E-state index >= 15 is 0 Å². The second-order valence-electron chi connectivity index (χ2n) is 6.97. The van der Waals surface area contributed by atoms with E-state index in [4.69, 9.17) is 4.74 Å². The van der Waals surface area contributed by atoms with E-state index in [1.807, 2.05) is 26.0 Å². The average Bonchev–Trinajstić information content (AvgIpc) is 3.20. The fraction of sp³-hybridized carbons (Fsp3) is 0.421. The first-order chi connectivity index (χ1) is 12.4. The molecule has 1 aromatic carbocycles. The Kier molecular flexibility index (Phi) is 4.97.